The second-order valence-electron chi connectivity index (χ2n) is 15.5. The fourth-order valence-electron chi connectivity index (χ4n) is 12.9. The van der Waals surface area contributed by atoms with Crippen LogP contribution in [-0.4, -0.2) is 42.4 Å². The maximum absolute atomic E-state index is 13.8. The average Bonchev–Trinajstić information content (AvgIpc) is 2.83. The van der Waals surface area contributed by atoms with Gasteiger partial charge in [0, 0.05) is 5.41 Å². The first-order chi connectivity index (χ1) is 18.3. The van der Waals surface area contributed by atoms with Crippen LogP contribution in [0.5, 0.6) is 0 Å². The van der Waals surface area contributed by atoms with E-state index < -0.39 is 32.4 Å². The van der Waals surface area contributed by atoms with E-state index in [1.165, 1.54) is 38.5 Å². The molecule has 0 amide bonds. The molecule has 0 aliphatic heterocycles. The number of carbonyl (C=O) groups excluding carboxylic acids is 2. The molecule has 11 aliphatic rings. The maximum atomic E-state index is 13.8. The van der Waals surface area contributed by atoms with Crippen molar-refractivity contribution in [2.24, 2.45) is 64.1 Å². The van der Waals surface area contributed by atoms with Crippen LogP contribution >= 0.6 is 0 Å². The fraction of sp³-hybridized carbons (Fsp3) is 0.931. The molecule has 0 aromatic carbocycles. The summed E-state index contributed by atoms with van der Waals surface area (Å²) in [6.07, 6.45) is 12.5. The summed E-state index contributed by atoms with van der Waals surface area (Å²) in [7, 11) is -5.91. The molecule has 11 rings (SSSR count). The Morgan fingerprint density at radius 2 is 1.31 bits per heavy atom. The lowest BCUT2D eigenvalue weighted by Crippen LogP contribution is -2.65. The van der Waals surface area contributed by atoms with Gasteiger partial charge in [-0.25, -0.2) is 4.79 Å². The van der Waals surface area contributed by atoms with Crippen molar-refractivity contribution in [1.29, 1.82) is 0 Å². The molecule has 0 heterocycles. The maximum Gasteiger partial charge on any atom is 0.465 e. The van der Waals surface area contributed by atoms with Crippen molar-refractivity contribution in [3.8, 4) is 0 Å². The minimum atomic E-state index is -5.91. The highest BCUT2D eigenvalue weighted by Gasteiger charge is 2.68. The molecule has 0 saturated heterocycles. The molecule has 1 N–H and O–H groups in total. The van der Waals surface area contributed by atoms with Crippen LogP contribution in [0.3, 0.4) is 0 Å². The summed E-state index contributed by atoms with van der Waals surface area (Å²) >= 11 is 0. The summed E-state index contributed by atoms with van der Waals surface area (Å²) in [6.45, 7) is -0.358. The van der Waals surface area contributed by atoms with E-state index >= 15 is 0 Å². The lowest BCUT2D eigenvalue weighted by atomic mass is 9.32. The predicted octanol–water partition coefficient (Wildman–Crippen LogP) is 4.99. The highest BCUT2D eigenvalue weighted by molar-refractivity contribution is 7.87. The molecule has 0 radical (unpaired) electrons. The smallest absolute Gasteiger partial charge is 0.460 e. The summed E-state index contributed by atoms with van der Waals surface area (Å²) in [5.41, 5.74) is -1.21. The summed E-state index contributed by atoms with van der Waals surface area (Å²) in [6, 6.07) is 0. The van der Waals surface area contributed by atoms with Crippen LogP contribution in [-0.2, 0) is 29.2 Å². The van der Waals surface area contributed by atoms with Crippen molar-refractivity contribution < 1.29 is 40.8 Å². The van der Waals surface area contributed by atoms with Gasteiger partial charge in [0.1, 0.15) is 5.60 Å². The number of esters is 2. The molecule has 2 atom stereocenters. The molecule has 11 fully saturated rings. The van der Waals surface area contributed by atoms with E-state index in [0.29, 0.717) is 25.7 Å². The van der Waals surface area contributed by atoms with Gasteiger partial charge in [0.15, 0.2) is 0 Å². The Bertz CT molecular complexity index is 1160. The molecular formula is C29H38F2O7S. The molecule has 12 bridgehead atoms. The largest absolute Gasteiger partial charge is 0.465 e. The van der Waals surface area contributed by atoms with E-state index in [1.54, 1.807) is 0 Å². The molecule has 10 heteroatoms. The second kappa shape index (κ2) is 7.75. The lowest BCUT2D eigenvalue weighted by Gasteiger charge is -2.72. The molecule has 2 unspecified atom stereocenters. The van der Waals surface area contributed by atoms with Gasteiger partial charge in [0.25, 0.3) is 0 Å². The number of hydrogen-bond donors (Lipinski definition) is 1. The Balaban J connectivity index is 0.965. The van der Waals surface area contributed by atoms with Crippen LogP contribution in [0.2, 0.25) is 0 Å². The van der Waals surface area contributed by atoms with E-state index in [9.17, 15) is 26.8 Å². The number of alkyl halides is 2. The zero-order valence-corrected chi connectivity index (χ0v) is 23.0. The van der Waals surface area contributed by atoms with Gasteiger partial charge in [-0.2, -0.15) is 17.2 Å². The molecule has 0 spiro atoms. The van der Waals surface area contributed by atoms with Gasteiger partial charge in [-0.1, -0.05) is 0 Å². The van der Waals surface area contributed by atoms with Crippen LogP contribution < -0.4 is 0 Å². The van der Waals surface area contributed by atoms with E-state index in [4.69, 9.17) is 14.0 Å². The zero-order valence-electron chi connectivity index (χ0n) is 22.2. The van der Waals surface area contributed by atoms with E-state index in [1.807, 2.05) is 0 Å². The molecular weight excluding hydrogens is 530 g/mol. The minimum Gasteiger partial charge on any atom is -0.460 e. The first-order valence-electron chi connectivity index (χ1n) is 15.0. The van der Waals surface area contributed by atoms with Gasteiger partial charge in [-0.3, -0.25) is 9.35 Å². The lowest BCUT2D eigenvalue weighted by molar-refractivity contribution is -0.241. The number of hydrogen-bond acceptors (Lipinski definition) is 6. The fourth-order valence-corrected chi connectivity index (χ4v) is 13.2. The van der Waals surface area contributed by atoms with Gasteiger partial charge in [0.2, 0.25) is 0 Å². The third-order valence-corrected chi connectivity index (χ3v) is 14.0. The van der Waals surface area contributed by atoms with Crippen molar-refractivity contribution in [1.82, 2.24) is 0 Å². The van der Waals surface area contributed by atoms with E-state index in [0.717, 1.165) is 60.7 Å². The third-order valence-electron chi connectivity index (χ3n) is 13.2. The van der Waals surface area contributed by atoms with Gasteiger partial charge in [-0.15, -0.1) is 0 Å². The SMILES string of the molecule is O=C(CC12CC3C4CC5CC3C(C1)C(C5)C4C2)OC12CC3CC(CC(COC(=O)C(F)(F)S(=O)(=O)O)(C3)C1)C2. The minimum absolute atomic E-state index is 0.0711. The van der Waals surface area contributed by atoms with E-state index in [-0.39, 0.29) is 29.8 Å². The Kier molecular flexibility index (Phi) is 5.05. The first-order valence-corrected chi connectivity index (χ1v) is 16.5. The molecule has 7 nitrogen and oxygen atoms in total. The molecule has 216 valence electrons. The van der Waals surface area contributed by atoms with Crippen molar-refractivity contribution in [2.45, 2.75) is 94.3 Å². The molecule has 39 heavy (non-hydrogen) atoms. The van der Waals surface area contributed by atoms with Gasteiger partial charge in [-0.05, 0) is 136 Å². The Morgan fingerprint density at radius 3 is 1.82 bits per heavy atom. The summed E-state index contributed by atoms with van der Waals surface area (Å²) < 4.78 is 69.6. The molecule has 11 saturated carbocycles. The van der Waals surface area contributed by atoms with Gasteiger partial charge in [0.05, 0.1) is 13.0 Å². The van der Waals surface area contributed by atoms with Crippen molar-refractivity contribution in [2.75, 3.05) is 6.61 Å². The number of carbonyl (C=O) groups is 2. The molecule has 11 aliphatic carbocycles. The Labute approximate surface area is 227 Å². The van der Waals surface area contributed by atoms with Crippen molar-refractivity contribution in [3.05, 3.63) is 0 Å². The average molecular weight is 569 g/mol. The standard InChI is InChI=1S/C29H38F2O7S/c30-29(31,39(34,35)36)25(33)37-14-27-5-16-1-17(6-27)8-28(7-16,13-27)38-24(32)12-26-9-21-18-2-15-3-19(21)23(11-26)20(4-15)22(18)10-26/h15-23H,1-14H2,(H,34,35,36). The van der Waals surface area contributed by atoms with Crippen molar-refractivity contribution >= 4 is 22.1 Å². The van der Waals surface area contributed by atoms with E-state index in [2.05, 4.69) is 0 Å². The first kappa shape index (κ1) is 25.4. The second-order valence-corrected chi connectivity index (χ2v) is 17.0. The molecule has 0 aromatic heterocycles. The predicted molar refractivity (Wildman–Crippen MR) is 133 cm³/mol. The topological polar surface area (TPSA) is 107 Å². The Morgan fingerprint density at radius 1 is 0.769 bits per heavy atom. The zero-order chi connectivity index (χ0) is 27.2. The number of ether oxygens (including phenoxy) is 2. The molecule has 0 aromatic rings. The van der Waals surface area contributed by atoms with Gasteiger partial charge >= 0.3 is 27.3 Å². The van der Waals surface area contributed by atoms with Crippen LogP contribution in [0.15, 0.2) is 0 Å². The normalized spacial score (nSPS) is 51.9. The highest BCUT2D eigenvalue weighted by Crippen LogP contribution is 2.75. The van der Waals surface area contributed by atoms with Crippen molar-refractivity contribution in [3.63, 3.8) is 0 Å². The summed E-state index contributed by atoms with van der Waals surface area (Å²) in [5.74, 6) is 4.11. The van der Waals surface area contributed by atoms with Crippen LogP contribution in [0.25, 0.3) is 0 Å². The number of halogens is 2. The van der Waals surface area contributed by atoms with Crippen LogP contribution in [0.4, 0.5) is 8.78 Å². The third kappa shape index (κ3) is 3.61. The number of rotatable bonds is 7. The Hall–Kier alpha value is -1.29. The summed E-state index contributed by atoms with van der Waals surface area (Å²) in [5, 5.41) is -5.00. The summed E-state index contributed by atoms with van der Waals surface area (Å²) in [4.78, 5) is 25.6. The highest BCUT2D eigenvalue weighted by atomic mass is 32.2. The van der Waals surface area contributed by atoms with Crippen LogP contribution in [0.1, 0.15) is 83.5 Å². The van der Waals surface area contributed by atoms with Crippen LogP contribution in [0, 0.1) is 64.1 Å². The van der Waals surface area contributed by atoms with Gasteiger partial charge < -0.3 is 9.47 Å². The quantitative estimate of drug-likeness (QED) is 0.341. The monoisotopic (exact) mass is 568 g/mol.